The molecule has 0 unspecified atom stereocenters. The maximum atomic E-state index is 13.7. The third-order valence-corrected chi connectivity index (χ3v) is 5.12. The van der Waals surface area contributed by atoms with Crippen LogP contribution in [0.4, 0.5) is 4.39 Å². The third-order valence-electron chi connectivity index (χ3n) is 4.53. The highest BCUT2D eigenvalue weighted by atomic mass is 35.5. The zero-order chi connectivity index (χ0) is 19.9. The monoisotopic (exact) mass is 422 g/mol. The van der Waals surface area contributed by atoms with Crippen molar-refractivity contribution in [3.05, 3.63) is 69.5 Å². The number of amides is 1. The van der Waals surface area contributed by atoms with Gasteiger partial charge in [0, 0.05) is 43.3 Å². The molecular formula is C20H21Cl2FN4O. The summed E-state index contributed by atoms with van der Waals surface area (Å²) < 4.78 is 13.7. The summed E-state index contributed by atoms with van der Waals surface area (Å²) in [6.07, 6.45) is 1.22. The van der Waals surface area contributed by atoms with Crippen LogP contribution in [0.3, 0.4) is 0 Å². The molecule has 28 heavy (non-hydrogen) atoms. The molecule has 2 aromatic carbocycles. The SMILES string of the molecule is O=C(CN1CCN(Cc2ccc(Cl)cc2)CC1)NN=Cc1c(F)cccc1Cl. The molecule has 1 heterocycles. The lowest BCUT2D eigenvalue weighted by Crippen LogP contribution is -2.48. The highest BCUT2D eigenvalue weighted by Crippen LogP contribution is 2.16. The van der Waals surface area contributed by atoms with Crippen LogP contribution in [0.5, 0.6) is 0 Å². The molecule has 1 amide bonds. The minimum Gasteiger partial charge on any atom is -0.297 e. The first-order chi connectivity index (χ1) is 13.5. The zero-order valence-corrected chi connectivity index (χ0v) is 16.8. The van der Waals surface area contributed by atoms with Gasteiger partial charge < -0.3 is 0 Å². The largest absolute Gasteiger partial charge is 0.297 e. The number of nitrogens with zero attached hydrogens (tertiary/aromatic N) is 3. The maximum Gasteiger partial charge on any atom is 0.254 e. The van der Waals surface area contributed by atoms with E-state index in [1.54, 1.807) is 6.07 Å². The van der Waals surface area contributed by atoms with E-state index >= 15 is 0 Å². The zero-order valence-electron chi connectivity index (χ0n) is 15.2. The molecule has 1 saturated heterocycles. The molecule has 0 aromatic heterocycles. The first-order valence-corrected chi connectivity index (χ1v) is 9.72. The average Bonchev–Trinajstić information content (AvgIpc) is 2.67. The predicted molar refractivity (Wildman–Crippen MR) is 110 cm³/mol. The van der Waals surface area contributed by atoms with Crippen molar-refractivity contribution in [1.82, 2.24) is 15.2 Å². The van der Waals surface area contributed by atoms with Crippen LogP contribution in [0.2, 0.25) is 10.0 Å². The number of nitrogens with one attached hydrogen (secondary N) is 1. The summed E-state index contributed by atoms with van der Waals surface area (Å²) in [4.78, 5) is 16.5. The Hall–Kier alpha value is -1.99. The van der Waals surface area contributed by atoms with Gasteiger partial charge in [0.2, 0.25) is 0 Å². The minimum atomic E-state index is -0.484. The molecule has 1 fully saturated rings. The van der Waals surface area contributed by atoms with Gasteiger partial charge in [-0.2, -0.15) is 5.10 Å². The normalized spacial score (nSPS) is 15.8. The van der Waals surface area contributed by atoms with Gasteiger partial charge in [0.05, 0.1) is 17.8 Å². The first kappa shape index (κ1) is 20.7. The van der Waals surface area contributed by atoms with Crippen LogP contribution in [0.15, 0.2) is 47.6 Å². The fraction of sp³-hybridized carbons (Fsp3) is 0.300. The Balaban J connectivity index is 1.41. The molecule has 2 aromatic rings. The quantitative estimate of drug-likeness (QED) is 0.573. The molecule has 0 aliphatic carbocycles. The Morgan fingerprint density at radius 3 is 2.43 bits per heavy atom. The minimum absolute atomic E-state index is 0.153. The molecule has 0 bridgehead atoms. The summed E-state index contributed by atoms with van der Waals surface area (Å²) in [5, 5.41) is 4.79. The third kappa shape index (κ3) is 6.01. The second-order valence-corrected chi connectivity index (χ2v) is 7.45. The number of benzene rings is 2. The summed E-state index contributed by atoms with van der Waals surface area (Å²) in [5.74, 6) is -0.725. The molecule has 0 atom stereocenters. The molecule has 0 radical (unpaired) electrons. The van der Waals surface area contributed by atoms with Crippen LogP contribution in [-0.4, -0.2) is 54.6 Å². The van der Waals surface area contributed by atoms with Gasteiger partial charge in [0.1, 0.15) is 5.82 Å². The van der Waals surface area contributed by atoms with Crippen LogP contribution in [0.1, 0.15) is 11.1 Å². The molecule has 8 heteroatoms. The second-order valence-electron chi connectivity index (χ2n) is 6.61. The lowest BCUT2D eigenvalue weighted by molar-refractivity contribution is -0.122. The Morgan fingerprint density at radius 1 is 1.07 bits per heavy atom. The van der Waals surface area contributed by atoms with E-state index in [9.17, 15) is 9.18 Å². The van der Waals surface area contributed by atoms with E-state index in [1.807, 2.05) is 24.3 Å². The average molecular weight is 423 g/mol. The lowest BCUT2D eigenvalue weighted by Gasteiger charge is -2.34. The highest BCUT2D eigenvalue weighted by Gasteiger charge is 2.19. The van der Waals surface area contributed by atoms with E-state index in [0.29, 0.717) is 0 Å². The van der Waals surface area contributed by atoms with E-state index in [0.717, 1.165) is 37.7 Å². The van der Waals surface area contributed by atoms with Crippen LogP contribution in [0, 0.1) is 5.82 Å². The fourth-order valence-electron chi connectivity index (χ4n) is 2.99. The number of halogens is 3. The molecule has 0 spiro atoms. The number of hydrogen-bond acceptors (Lipinski definition) is 4. The van der Waals surface area contributed by atoms with Gasteiger partial charge >= 0.3 is 0 Å². The Labute approximate surface area is 173 Å². The van der Waals surface area contributed by atoms with Crippen molar-refractivity contribution < 1.29 is 9.18 Å². The number of hydrazone groups is 1. The number of hydrogen-bond donors (Lipinski definition) is 1. The standard InChI is InChI=1S/C20H21Cl2FN4O/c21-16-6-4-15(5-7-16)13-26-8-10-27(11-9-26)14-20(28)25-24-12-17-18(22)2-1-3-19(17)23/h1-7,12H,8-11,13-14H2,(H,25,28). The van der Waals surface area contributed by atoms with Gasteiger partial charge in [0.15, 0.2) is 0 Å². The number of rotatable bonds is 6. The molecular weight excluding hydrogens is 402 g/mol. The summed E-state index contributed by atoms with van der Waals surface area (Å²) in [6.45, 7) is 4.46. The van der Waals surface area contributed by atoms with Crippen LogP contribution in [0.25, 0.3) is 0 Å². The van der Waals surface area contributed by atoms with Crippen molar-refractivity contribution in [2.75, 3.05) is 32.7 Å². The first-order valence-electron chi connectivity index (χ1n) is 8.96. The fourth-order valence-corrected chi connectivity index (χ4v) is 3.33. The molecule has 1 aliphatic heterocycles. The summed E-state index contributed by atoms with van der Waals surface area (Å²) in [6, 6.07) is 12.2. The van der Waals surface area contributed by atoms with E-state index < -0.39 is 5.82 Å². The van der Waals surface area contributed by atoms with Crippen molar-refractivity contribution in [3.8, 4) is 0 Å². The van der Waals surface area contributed by atoms with Crippen molar-refractivity contribution in [2.24, 2.45) is 5.10 Å². The van der Waals surface area contributed by atoms with E-state index in [4.69, 9.17) is 23.2 Å². The summed E-state index contributed by atoms with van der Waals surface area (Å²) >= 11 is 11.8. The van der Waals surface area contributed by atoms with E-state index in [1.165, 1.54) is 23.9 Å². The molecule has 148 valence electrons. The Kier molecular flexibility index (Phi) is 7.39. The number of piperazine rings is 1. The van der Waals surface area contributed by atoms with Crippen LogP contribution < -0.4 is 5.43 Å². The highest BCUT2D eigenvalue weighted by molar-refractivity contribution is 6.33. The van der Waals surface area contributed by atoms with Gasteiger partial charge in [-0.15, -0.1) is 0 Å². The van der Waals surface area contributed by atoms with Crippen LogP contribution in [-0.2, 0) is 11.3 Å². The predicted octanol–water partition coefficient (Wildman–Crippen LogP) is 3.40. The smallest absolute Gasteiger partial charge is 0.254 e. The van der Waals surface area contributed by atoms with Gasteiger partial charge in [-0.25, -0.2) is 9.82 Å². The Morgan fingerprint density at radius 2 is 1.75 bits per heavy atom. The second kappa shape index (κ2) is 9.98. The van der Waals surface area contributed by atoms with Crippen molar-refractivity contribution in [2.45, 2.75) is 6.54 Å². The van der Waals surface area contributed by atoms with Crippen molar-refractivity contribution in [3.63, 3.8) is 0 Å². The molecule has 5 nitrogen and oxygen atoms in total. The lowest BCUT2D eigenvalue weighted by atomic mass is 10.2. The van der Waals surface area contributed by atoms with Gasteiger partial charge in [-0.3, -0.25) is 14.6 Å². The van der Waals surface area contributed by atoms with Crippen LogP contribution >= 0.6 is 23.2 Å². The van der Waals surface area contributed by atoms with E-state index in [-0.39, 0.29) is 23.0 Å². The maximum absolute atomic E-state index is 13.7. The van der Waals surface area contributed by atoms with Gasteiger partial charge in [-0.05, 0) is 29.8 Å². The number of carbonyl (C=O) groups is 1. The van der Waals surface area contributed by atoms with Crippen molar-refractivity contribution >= 4 is 35.3 Å². The summed E-state index contributed by atoms with van der Waals surface area (Å²) in [7, 11) is 0. The molecule has 1 aliphatic rings. The Bertz CT molecular complexity index is 816. The van der Waals surface area contributed by atoms with E-state index in [2.05, 4.69) is 20.3 Å². The molecule has 3 rings (SSSR count). The molecule has 0 saturated carbocycles. The summed E-state index contributed by atoms with van der Waals surface area (Å²) in [5.41, 5.74) is 3.80. The number of carbonyl (C=O) groups excluding carboxylic acids is 1. The van der Waals surface area contributed by atoms with Crippen molar-refractivity contribution in [1.29, 1.82) is 0 Å². The van der Waals surface area contributed by atoms with Gasteiger partial charge in [-0.1, -0.05) is 41.4 Å². The molecule has 1 N–H and O–H groups in total. The van der Waals surface area contributed by atoms with Gasteiger partial charge in [0.25, 0.3) is 5.91 Å². The topological polar surface area (TPSA) is 47.9 Å².